The van der Waals surface area contributed by atoms with Crippen LogP contribution < -0.4 is 10.6 Å². The fourth-order valence-electron chi connectivity index (χ4n) is 0.991. The van der Waals surface area contributed by atoms with Crippen LogP contribution in [-0.4, -0.2) is 34.2 Å². The lowest BCUT2D eigenvalue weighted by molar-refractivity contribution is -0.121. The van der Waals surface area contributed by atoms with Crippen molar-refractivity contribution >= 4 is 11.9 Å². The molecular formula is C7H9N5O. The van der Waals surface area contributed by atoms with Crippen molar-refractivity contribution in [3.8, 4) is 0 Å². The monoisotopic (exact) mass is 179 g/mol. The molecule has 1 aliphatic heterocycles. The van der Waals surface area contributed by atoms with Crippen LogP contribution in [0.4, 0.5) is 5.95 Å². The maximum atomic E-state index is 11.3. The van der Waals surface area contributed by atoms with E-state index in [1.807, 2.05) is 0 Å². The Morgan fingerprint density at radius 1 is 1.54 bits per heavy atom. The van der Waals surface area contributed by atoms with Crippen molar-refractivity contribution in [2.45, 2.75) is 0 Å². The first-order valence-corrected chi connectivity index (χ1v) is 4.01. The molecule has 2 rings (SSSR count). The van der Waals surface area contributed by atoms with Crippen molar-refractivity contribution in [1.29, 1.82) is 0 Å². The molecule has 1 aromatic rings. The van der Waals surface area contributed by atoms with Crippen molar-refractivity contribution in [3.63, 3.8) is 0 Å². The van der Waals surface area contributed by atoms with Crippen molar-refractivity contribution in [2.75, 3.05) is 18.4 Å². The third-order valence-corrected chi connectivity index (χ3v) is 1.87. The van der Waals surface area contributed by atoms with Gasteiger partial charge in [0.15, 0.2) is 0 Å². The minimum Gasteiger partial charge on any atom is -0.315 e. The van der Waals surface area contributed by atoms with Crippen LogP contribution in [0.2, 0.25) is 0 Å². The molecule has 0 saturated carbocycles. The molecule has 1 amide bonds. The van der Waals surface area contributed by atoms with Crippen LogP contribution in [0.1, 0.15) is 0 Å². The Hall–Kier alpha value is -1.56. The highest BCUT2D eigenvalue weighted by Crippen LogP contribution is 2.05. The molecule has 1 aromatic heterocycles. The first kappa shape index (κ1) is 8.06. The van der Waals surface area contributed by atoms with Crippen LogP contribution in [0, 0.1) is 5.92 Å². The maximum Gasteiger partial charge on any atom is 0.249 e. The zero-order chi connectivity index (χ0) is 9.10. The average Bonchev–Trinajstić information content (AvgIpc) is 2.02. The normalized spacial score (nSPS) is 16.3. The summed E-state index contributed by atoms with van der Waals surface area (Å²) in [6.45, 7) is 1.46. The summed E-state index contributed by atoms with van der Waals surface area (Å²) in [5, 5.41) is 12.8. The number of nitrogens with one attached hydrogen (secondary N) is 2. The summed E-state index contributed by atoms with van der Waals surface area (Å²) in [6.07, 6.45) is 2.95. The third-order valence-electron chi connectivity index (χ3n) is 1.87. The van der Waals surface area contributed by atoms with E-state index in [0.29, 0.717) is 0 Å². The van der Waals surface area contributed by atoms with E-state index in [1.54, 1.807) is 0 Å². The van der Waals surface area contributed by atoms with E-state index in [1.165, 1.54) is 12.4 Å². The largest absolute Gasteiger partial charge is 0.315 e. The maximum absolute atomic E-state index is 11.3. The summed E-state index contributed by atoms with van der Waals surface area (Å²) >= 11 is 0. The van der Waals surface area contributed by atoms with Gasteiger partial charge in [-0.1, -0.05) is 0 Å². The smallest absolute Gasteiger partial charge is 0.249 e. The topological polar surface area (TPSA) is 79.8 Å². The summed E-state index contributed by atoms with van der Waals surface area (Å²) < 4.78 is 0. The molecule has 0 spiro atoms. The lowest BCUT2D eigenvalue weighted by Crippen LogP contribution is -2.48. The Labute approximate surface area is 74.8 Å². The number of hydrogen-bond donors (Lipinski definition) is 2. The van der Waals surface area contributed by atoms with Crippen molar-refractivity contribution in [2.24, 2.45) is 5.92 Å². The van der Waals surface area contributed by atoms with Crippen molar-refractivity contribution in [3.05, 3.63) is 12.4 Å². The summed E-state index contributed by atoms with van der Waals surface area (Å²) in [4.78, 5) is 15.2. The molecule has 0 unspecified atom stereocenters. The van der Waals surface area contributed by atoms with Gasteiger partial charge in [-0.3, -0.25) is 10.1 Å². The Kier molecular flexibility index (Phi) is 2.13. The predicted octanol–water partition coefficient (Wildman–Crippen LogP) is -0.971. The Morgan fingerprint density at radius 2 is 2.38 bits per heavy atom. The van der Waals surface area contributed by atoms with Gasteiger partial charge in [0.25, 0.3) is 0 Å². The molecule has 0 aliphatic carbocycles. The quantitative estimate of drug-likeness (QED) is 0.610. The Morgan fingerprint density at radius 3 is 2.92 bits per heavy atom. The fraction of sp³-hybridized carbons (Fsp3) is 0.429. The summed E-state index contributed by atoms with van der Waals surface area (Å²) in [5.41, 5.74) is 0. The molecule has 0 aromatic carbocycles. The highest BCUT2D eigenvalue weighted by Gasteiger charge is 2.25. The van der Waals surface area contributed by atoms with E-state index in [2.05, 4.69) is 25.8 Å². The second kappa shape index (κ2) is 3.44. The average molecular weight is 179 g/mol. The van der Waals surface area contributed by atoms with Crippen molar-refractivity contribution < 1.29 is 4.79 Å². The molecule has 6 heteroatoms. The Bertz CT molecular complexity index is 297. The molecule has 0 atom stereocenters. The number of hydrogen-bond acceptors (Lipinski definition) is 5. The zero-order valence-corrected chi connectivity index (χ0v) is 6.90. The van der Waals surface area contributed by atoms with E-state index in [0.717, 1.165) is 13.1 Å². The van der Waals surface area contributed by atoms with Gasteiger partial charge in [-0.15, -0.1) is 5.10 Å². The highest BCUT2D eigenvalue weighted by molar-refractivity contribution is 5.91. The molecule has 2 N–H and O–H groups in total. The molecule has 1 aliphatic rings. The fourth-order valence-corrected chi connectivity index (χ4v) is 0.991. The molecule has 1 saturated heterocycles. The molecular weight excluding hydrogens is 170 g/mol. The molecule has 6 nitrogen and oxygen atoms in total. The molecule has 0 radical (unpaired) electrons. The van der Waals surface area contributed by atoms with E-state index in [-0.39, 0.29) is 17.8 Å². The van der Waals surface area contributed by atoms with Crippen LogP contribution >= 0.6 is 0 Å². The summed E-state index contributed by atoms with van der Waals surface area (Å²) in [7, 11) is 0. The summed E-state index contributed by atoms with van der Waals surface area (Å²) in [6, 6.07) is 0. The van der Waals surface area contributed by atoms with Gasteiger partial charge < -0.3 is 5.32 Å². The highest BCUT2D eigenvalue weighted by atomic mass is 16.2. The molecule has 0 bridgehead atoms. The third kappa shape index (κ3) is 1.78. The van der Waals surface area contributed by atoms with Gasteiger partial charge in [-0.2, -0.15) is 5.10 Å². The number of anilines is 1. The van der Waals surface area contributed by atoms with Gasteiger partial charge in [0.05, 0.1) is 18.3 Å². The minimum atomic E-state index is -0.0493. The molecule has 2 heterocycles. The standard InChI is InChI=1S/C7H9N5O/c13-6(5-3-8-4-5)11-7-9-1-2-10-12-7/h1-2,5,8H,3-4H2,(H,9,11,12,13). The van der Waals surface area contributed by atoms with Gasteiger partial charge >= 0.3 is 0 Å². The summed E-state index contributed by atoms with van der Waals surface area (Å²) in [5.74, 6) is 0.259. The lowest BCUT2D eigenvalue weighted by Gasteiger charge is -2.25. The van der Waals surface area contributed by atoms with E-state index < -0.39 is 0 Å². The number of rotatable bonds is 2. The number of aromatic nitrogens is 3. The molecule has 13 heavy (non-hydrogen) atoms. The number of nitrogens with zero attached hydrogens (tertiary/aromatic N) is 3. The first-order valence-electron chi connectivity index (χ1n) is 4.01. The van der Waals surface area contributed by atoms with Crippen LogP contribution in [0.5, 0.6) is 0 Å². The van der Waals surface area contributed by atoms with E-state index in [4.69, 9.17) is 0 Å². The van der Waals surface area contributed by atoms with Gasteiger partial charge in [0.2, 0.25) is 11.9 Å². The minimum absolute atomic E-state index is 0.0452. The second-order valence-electron chi connectivity index (χ2n) is 2.81. The van der Waals surface area contributed by atoms with Crippen LogP contribution in [-0.2, 0) is 4.79 Å². The molecule has 1 fully saturated rings. The zero-order valence-electron chi connectivity index (χ0n) is 6.90. The van der Waals surface area contributed by atoms with Crippen molar-refractivity contribution in [1.82, 2.24) is 20.5 Å². The first-order chi connectivity index (χ1) is 6.36. The van der Waals surface area contributed by atoms with Crippen LogP contribution in [0.3, 0.4) is 0 Å². The number of carbonyl (C=O) groups excluding carboxylic acids is 1. The van der Waals surface area contributed by atoms with Gasteiger partial charge in [-0.25, -0.2) is 4.98 Å². The van der Waals surface area contributed by atoms with E-state index in [9.17, 15) is 4.79 Å². The van der Waals surface area contributed by atoms with Crippen LogP contribution in [0.25, 0.3) is 0 Å². The van der Waals surface area contributed by atoms with Gasteiger partial charge in [0, 0.05) is 13.1 Å². The SMILES string of the molecule is O=C(Nc1nccnn1)C1CNC1. The number of carbonyl (C=O) groups is 1. The van der Waals surface area contributed by atoms with Gasteiger partial charge in [0.1, 0.15) is 0 Å². The van der Waals surface area contributed by atoms with Gasteiger partial charge in [-0.05, 0) is 0 Å². The van der Waals surface area contributed by atoms with E-state index >= 15 is 0 Å². The lowest BCUT2D eigenvalue weighted by atomic mass is 10.0. The second-order valence-corrected chi connectivity index (χ2v) is 2.81. The Balaban J connectivity index is 1.94. The number of amides is 1. The van der Waals surface area contributed by atoms with Crippen LogP contribution in [0.15, 0.2) is 12.4 Å². The molecule has 68 valence electrons. The predicted molar refractivity (Wildman–Crippen MR) is 44.8 cm³/mol.